The van der Waals surface area contributed by atoms with E-state index in [9.17, 15) is 35.9 Å². The quantitative estimate of drug-likeness (QED) is 0.305. The summed E-state index contributed by atoms with van der Waals surface area (Å²) in [6.45, 7) is 1.19. The lowest BCUT2D eigenvalue weighted by Crippen LogP contribution is -2.44. The molecule has 1 amide bonds. The molecule has 37 heavy (non-hydrogen) atoms. The zero-order valence-electron chi connectivity index (χ0n) is 18.9. The number of rotatable bonds is 7. The molecular weight excluding hydrogens is 520 g/mol. The first-order valence-corrected chi connectivity index (χ1v) is 12.0. The maximum atomic E-state index is 13.4. The molecule has 194 valence electrons. The van der Waals surface area contributed by atoms with E-state index in [1.54, 1.807) is 0 Å². The molecule has 2 aromatic heterocycles. The molecular formula is C23H18F4N4O5S. The summed E-state index contributed by atoms with van der Waals surface area (Å²) in [6.07, 6.45) is -3.45. The van der Waals surface area contributed by atoms with Crippen LogP contribution in [0.2, 0.25) is 0 Å². The number of hydrogen-bond donors (Lipinski definition) is 3. The number of nitrogens with zero attached hydrogens (tertiary/aromatic N) is 2. The number of furan rings is 1. The van der Waals surface area contributed by atoms with Crippen LogP contribution in [-0.4, -0.2) is 35.4 Å². The average Bonchev–Trinajstić information content (AvgIpc) is 3.27. The third kappa shape index (κ3) is 5.86. The van der Waals surface area contributed by atoms with E-state index >= 15 is 0 Å². The Hall–Kier alpha value is -4.04. The van der Waals surface area contributed by atoms with Crippen molar-refractivity contribution in [1.29, 1.82) is 0 Å². The van der Waals surface area contributed by atoms with Crippen molar-refractivity contribution in [3.8, 4) is 17.1 Å². The van der Waals surface area contributed by atoms with Gasteiger partial charge in [-0.1, -0.05) is 6.07 Å². The van der Waals surface area contributed by atoms with Crippen LogP contribution in [0.5, 0.6) is 5.75 Å². The normalized spacial score (nSPS) is 13.0. The molecule has 0 bridgehead atoms. The molecule has 9 nitrogen and oxygen atoms in total. The number of carbonyl (C=O) groups excluding carboxylic acids is 1. The molecule has 0 saturated heterocycles. The molecule has 0 saturated carbocycles. The van der Waals surface area contributed by atoms with Gasteiger partial charge in [0.05, 0.1) is 17.2 Å². The third-order valence-electron chi connectivity index (χ3n) is 5.19. The number of hydrogen-bond acceptors (Lipinski definition) is 7. The van der Waals surface area contributed by atoms with E-state index in [0.717, 1.165) is 18.2 Å². The molecule has 0 aliphatic heterocycles. The van der Waals surface area contributed by atoms with Gasteiger partial charge in [0, 0.05) is 30.4 Å². The monoisotopic (exact) mass is 538 g/mol. The fraction of sp³-hybridized carbons (Fsp3) is 0.174. The van der Waals surface area contributed by atoms with Crippen molar-refractivity contribution in [2.75, 3.05) is 0 Å². The fourth-order valence-electron chi connectivity index (χ4n) is 3.29. The van der Waals surface area contributed by atoms with E-state index < -0.39 is 44.6 Å². The van der Waals surface area contributed by atoms with Crippen LogP contribution in [-0.2, 0) is 27.5 Å². The Morgan fingerprint density at radius 3 is 2.49 bits per heavy atom. The summed E-state index contributed by atoms with van der Waals surface area (Å²) in [5.74, 6) is -1.72. The molecule has 2 aromatic carbocycles. The summed E-state index contributed by atoms with van der Waals surface area (Å²) in [5.41, 5.74) is -0.431. The molecule has 0 spiro atoms. The predicted molar refractivity (Wildman–Crippen MR) is 122 cm³/mol. The lowest BCUT2D eigenvalue weighted by atomic mass is 10.1. The molecule has 4 aromatic rings. The Balaban J connectivity index is 1.42. The zero-order chi connectivity index (χ0) is 27.0. The maximum Gasteiger partial charge on any atom is 0.419 e. The molecule has 0 radical (unpaired) electrons. The lowest BCUT2D eigenvalue weighted by Gasteiger charge is -2.14. The molecule has 3 N–H and O–H groups in total. The van der Waals surface area contributed by atoms with Crippen molar-refractivity contribution in [2.24, 2.45) is 0 Å². The van der Waals surface area contributed by atoms with Crippen LogP contribution in [0.1, 0.15) is 18.1 Å². The van der Waals surface area contributed by atoms with E-state index in [4.69, 9.17) is 4.42 Å². The molecule has 0 aliphatic carbocycles. The minimum absolute atomic E-state index is 0.0375. The van der Waals surface area contributed by atoms with Crippen molar-refractivity contribution in [1.82, 2.24) is 20.0 Å². The summed E-state index contributed by atoms with van der Waals surface area (Å²) < 4.78 is 84.2. The van der Waals surface area contributed by atoms with Crippen LogP contribution in [0.3, 0.4) is 0 Å². The predicted octanol–water partition coefficient (Wildman–Crippen LogP) is 3.74. The van der Waals surface area contributed by atoms with Gasteiger partial charge in [-0.15, -0.1) is 0 Å². The van der Waals surface area contributed by atoms with Crippen LogP contribution in [0.4, 0.5) is 17.6 Å². The van der Waals surface area contributed by atoms with Gasteiger partial charge >= 0.3 is 6.18 Å². The maximum absolute atomic E-state index is 13.4. The zero-order valence-corrected chi connectivity index (χ0v) is 19.7. The van der Waals surface area contributed by atoms with Gasteiger partial charge in [0.15, 0.2) is 5.82 Å². The highest BCUT2D eigenvalue weighted by Crippen LogP contribution is 2.31. The van der Waals surface area contributed by atoms with Gasteiger partial charge in [0.2, 0.25) is 11.0 Å². The largest absolute Gasteiger partial charge is 0.507 e. The number of aromatic nitrogens is 2. The highest BCUT2D eigenvalue weighted by molar-refractivity contribution is 7.89. The number of phenolic OH excluding ortho intramolecular Hbond substituents is 1. The van der Waals surface area contributed by atoms with Crippen LogP contribution < -0.4 is 10.0 Å². The number of alkyl halides is 3. The molecule has 0 unspecified atom stereocenters. The molecule has 2 heterocycles. The van der Waals surface area contributed by atoms with Crippen LogP contribution in [0, 0.1) is 5.82 Å². The summed E-state index contributed by atoms with van der Waals surface area (Å²) in [5, 5.41) is 12.3. The van der Waals surface area contributed by atoms with Gasteiger partial charge in [-0.2, -0.15) is 17.9 Å². The van der Waals surface area contributed by atoms with Crippen molar-refractivity contribution < 1.29 is 40.3 Å². The number of phenols is 1. The Kier molecular flexibility index (Phi) is 6.88. The van der Waals surface area contributed by atoms with E-state index in [1.165, 1.54) is 31.2 Å². The van der Waals surface area contributed by atoms with Crippen molar-refractivity contribution in [3.05, 3.63) is 71.8 Å². The van der Waals surface area contributed by atoms with E-state index in [2.05, 4.69) is 20.0 Å². The molecule has 1 atom stereocenters. The average molecular weight is 538 g/mol. The summed E-state index contributed by atoms with van der Waals surface area (Å²) >= 11 is 0. The molecule has 0 fully saturated rings. The number of nitrogens with one attached hydrogen (secondary N) is 2. The number of halogens is 4. The third-order valence-corrected chi connectivity index (χ3v) is 6.59. The van der Waals surface area contributed by atoms with Crippen molar-refractivity contribution in [3.63, 3.8) is 0 Å². The van der Waals surface area contributed by atoms with Gasteiger partial charge in [-0.25, -0.2) is 22.8 Å². The Morgan fingerprint density at radius 1 is 1.11 bits per heavy atom. The highest BCUT2D eigenvalue weighted by Gasteiger charge is 2.31. The van der Waals surface area contributed by atoms with Gasteiger partial charge in [0.1, 0.15) is 17.1 Å². The smallest absolute Gasteiger partial charge is 0.419 e. The minimum atomic E-state index is -4.62. The van der Waals surface area contributed by atoms with E-state index in [1.807, 2.05) is 0 Å². The standard InChI is InChI=1S/C23H18F4N4O5S/c1-12(31-37(34,35)20-8-14-7-16(24)3-5-19(14)36-20)22(33)30-9-13-2-4-18(32)17(6-13)21-28-10-15(11-29-21)23(25,26)27/h2-8,10-12,31-32H,9H2,1H3,(H,30,33)/t12-/m0/s1. The van der Waals surface area contributed by atoms with Crippen LogP contribution in [0.25, 0.3) is 22.4 Å². The number of aromatic hydroxyl groups is 1. The number of amides is 1. The Bertz CT molecular complexity index is 1570. The molecule has 14 heteroatoms. The van der Waals surface area contributed by atoms with Crippen molar-refractivity contribution in [2.45, 2.75) is 30.8 Å². The second-order valence-electron chi connectivity index (χ2n) is 7.95. The minimum Gasteiger partial charge on any atom is -0.507 e. The van der Waals surface area contributed by atoms with Gasteiger partial charge in [0.25, 0.3) is 10.0 Å². The first-order valence-electron chi connectivity index (χ1n) is 10.5. The SMILES string of the molecule is C[C@H](NS(=O)(=O)c1cc2cc(F)ccc2o1)C(=O)NCc1ccc(O)c(-c2ncc(C(F)(F)F)cn2)c1. The Labute approximate surface area is 207 Å². The van der Waals surface area contributed by atoms with Crippen molar-refractivity contribution >= 4 is 26.9 Å². The lowest BCUT2D eigenvalue weighted by molar-refractivity contribution is -0.138. The molecule has 0 aliphatic rings. The second kappa shape index (κ2) is 9.78. The Morgan fingerprint density at radius 2 is 1.81 bits per heavy atom. The first kappa shape index (κ1) is 26.0. The van der Waals surface area contributed by atoms with Gasteiger partial charge in [-0.3, -0.25) is 4.79 Å². The van der Waals surface area contributed by atoms with E-state index in [0.29, 0.717) is 18.0 Å². The number of fused-ring (bicyclic) bond motifs is 1. The van der Waals surface area contributed by atoms with Crippen LogP contribution in [0.15, 0.2) is 64.4 Å². The number of carbonyl (C=O) groups is 1. The molecule has 4 rings (SSSR count). The summed E-state index contributed by atoms with van der Waals surface area (Å²) in [4.78, 5) is 19.8. The van der Waals surface area contributed by atoms with Gasteiger partial charge < -0.3 is 14.8 Å². The number of sulfonamides is 1. The fourth-order valence-corrected chi connectivity index (χ4v) is 4.46. The highest BCUT2D eigenvalue weighted by atomic mass is 32.2. The van der Waals surface area contributed by atoms with E-state index in [-0.39, 0.29) is 34.7 Å². The van der Waals surface area contributed by atoms with Gasteiger partial charge in [-0.05, 0) is 42.8 Å². The first-order chi connectivity index (χ1) is 17.3. The summed E-state index contributed by atoms with van der Waals surface area (Å²) in [7, 11) is -4.25. The van der Waals surface area contributed by atoms with Crippen LogP contribution >= 0.6 is 0 Å². The number of benzene rings is 2. The topological polar surface area (TPSA) is 134 Å². The second-order valence-corrected chi connectivity index (χ2v) is 9.60. The summed E-state index contributed by atoms with van der Waals surface area (Å²) in [6, 6.07) is 7.49.